The van der Waals surface area contributed by atoms with Gasteiger partial charge in [0.25, 0.3) is 5.56 Å². The molecule has 3 heteroatoms. The molecule has 1 heterocycles. The second-order valence-electron chi connectivity index (χ2n) is 4.08. The third kappa shape index (κ3) is 1.77. The van der Waals surface area contributed by atoms with Crippen molar-refractivity contribution < 1.29 is 0 Å². The molecule has 0 saturated heterocycles. The third-order valence-electron chi connectivity index (χ3n) is 2.51. The van der Waals surface area contributed by atoms with Crippen LogP contribution in [0.1, 0.15) is 31.2 Å². The van der Waals surface area contributed by atoms with Gasteiger partial charge in [0.1, 0.15) is 5.82 Å². The van der Waals surface area contributed by atoms with Crippen LogP contribution in [0.4, 0.5) is 0 Å². The number of rotatable bonds is 1. The van der Waals surface area contributed by atoms with Crippen LogP contribution in [-0.2, 0) is 0 Å². The van der Waals surface area contributed by atoms with E-state index < -0.39 is 0 Å². The van der Waals surface area contributed by atoms with Crippen LogP contribution < -0.4 is 5.56 Å². The van der Waals surface area contributed by atoms with Crippen LogP contribution in [0.3, 0.4) is 0 Å². The molecule has 1 aromatic carbocycles. The Morgan fingerprint density at radius 1 is 1.33 bits per heavy atom. The summed E-state index contributed by atoms with van der Waals surface area (Å²) >= 11 is 0. The molecule has 0 bridgehead atoms. The fraction of sp³-hybridized carbons (Fsp3) is 0.333. The van der Waals surface area contributed by atoms with E-state index in [1.54, 1.807) is 6.92 Å². The van der Waals surface area contributed by atoms with Gasteiger partial charge in [-0.2, -0.15) is 0 Å². The van der Waals surface area contributed by atoms with Gasteiger partial charge in [-0.25, -0.2) is 4.98 Å². The standard InChI is InChI=1S/C12H14N2O/c1-7(2)9-4-5-11-10(6-9)12(15)14-8(3)13-11/h4-7H,1-3H3,(H,13,14,15). The van der Waals surface area contributed by atoms with E-state index in [-0.39, 0.29) is 5.56 Å². The minimum Gasteiger partial charge on any atom is -0.310 e. The summed E-state index contributed by atoms with van der Waals surface area (Å²) in [7, 11) is 0. The minimum atomic E-state index is -0.0556. The summed E-state index contributed by atoms with van der Waals surface area (Å²) in [5.41, 5.74) is 1.87. The van der Waals surface area contributed by atoms with E-state index in [1.807, 2.05) is 18.2 Å². The van der Waals surface area contributed by atoms with Gasteiger partial charge in [-0.05, 0) is 30.5 Å². The van der Waals surface area contributed by atoms with Crippen molar-refractivity contribution in [2.45, 2.75) is 26.7 Å². The molecule has 0 aliphatic carbocycles. The molecule has 78 valence electrons. The summed E-state index contributed by atoms with van der Waals surface area (Å²) in [5.74, 6) is 1.08. The van der Waals surface area contributed by atoms with Gasteiger partial charge < -0.3 is 4.98 Å². The first kappa shape index (κ1) is 9.90. The van der Waals surface area contributed by atoms with Crippen LogP contribution in [0.25, 0.3) is 10.9 Å². The molecule has 0 aliphatic heterocycles. The lowest BCUT2D eigenvalue weighted by Crippen LogP contribution is -2.10. The van der Waals surface area contributed by atoms with E-state index in [0.717, 1.165) is 5.52 Å². The summed E-state index contributed by atoms with van der Waals surface area (Å²) in [6.07, 6.45) is 0. The molecular weight excluding hydrogens is 188 g/mol. The third-order valence-corrected chi connectivity index (χ3v) is 2.51. The van der Waals surface area contributed by atoms with E-state index in [2.05, 4.69) is 23.8 Å². The monoisotopic (exact) mass is 202 g/mol. The lowest BCUT2D eigenvalue weighted by Gasteiger charge is -2.06. The molecule has 0 fully saturated rings. The molecule has 1 N–H and O–H groups in total. The van der Waals surface area contributed by atoms with Crippen molar-refractivity contribution in [3.8, 4) is 0 Å². The Hall–Kier alpha value is -1.64. The van der Waals surface area contributed by atoms with Crippen molar-refractivity contribution in [2.75, 3.05) is 0 Å². The maximum absolute atomic E-state index is 11.7. The molecule has 0 atom stereocenters. The van der Waals surface area contributed by atoms with E-state index in [4.69, 9.17) is 0 Å². The average Bonchev–Trinajstić information content (AvgIpc) is 2.16. The van der Waals surface area contributed by atoms with Gasteiger partial charge in [0.2, 0.25) is 0 Å². The van der Waals surface area contributed by atoms with E-state index in [1.165, 1.54) is 5.56 Å². The van der Waals surface area contributed by atoms with E-state index in [0.29, 0.717) is 17.1 Å². The van der Waals surface area contributed by atoms with Gasteiger partial charge in [0.15, 0.2) is 0 Å². The first-order valence-electron chi connectivity index (χ1n) is 5.08. The Labute approximate surface area is 88.2 Å². The van der Waals surface area contributed by atoms with Crippen molar-refractivity contribution in [2.24, 2.45) is 0 Å². The molecule has 2 aromatic rings. The quantitative estimate of drug-likeness (QED) is 0.771. The Bertz CT molecular complexity index is 555. The second-order valence-corrected chi connectivity index (χ2v) is 4.08. The number of hydrogen-bond acceptors (Lipinski definition) is 2. The molecule has 0 saturated carbocycles. The smallest absolute Gasteiger partial charge is 0.258 e. The predicted octanol–water partition coefficient (Wildman–Crippen LogP) is 2.35. The van der Waals surface area contributed by atoms with Crippen molar-refractivity contribution >= 4 is 10.9 Å². The van der Waals surface area contributed by atoms with Crippen LogP contribution in [-0.4, -0.2) is 9.97 Å². The van der Waals surface area contributed by atoms with E-state index in [9.17, 15) is 4.79 Å². The van der Waals surface area contributed by atoms with Crippen LogP contribution >= 0.6 is 0 Å². The van der Waals surface area contributed by atoms with Crippen LogP contribution in [0.5, 0.6) is 0 Å². The zero-order valence-electron chi connectivity index (χ0n) is 9.16. The molecule has 3 nitrogen and oxygen atoms in total. The minimum absolute atomic E-state index is 0.0556. The Kier molecular flexibility index (Phi) is 2.31. The fourth-order valence-corrected chi connectivity index (χ4v) is 1.63. The topological polar surface area (TPSA) is 45.8 Å². The van der Waals surface area contributed by atoms with Gasteiger partial charge in [-0.3, -0.25) is 4.79 Å². The summed E-state index contributed by atoms with van der Waals surface area (Å²) in [4.78, 5) is 18.7. The first-order chi connectivity index (χ1) is 7.08. The number of aromatic nitrogens is 2. The summed E-state index contributed by atoms with van der Waals surface area (Å²) in [6, 6.07) is 5.86. The SMILES string of the molecule is Cc1nc2ccc(C(C)C)cc2c(=O)[nH]1. The highest BCUT2D eigenvalue weighted by Crippen LogP contribution is 2.17. The summed E-state index contributed by atoms with van der Waals surface area (Å²) in [5, 5.41) is 0.673. The van der Waals surface area contributed by atoms with E-state index >= 15 is 0 Å². The number of aromatic amines is 1. The molecule has 2 rings (SSSR count). The van der Waals surface area contributed by atoms with Crippen LogP contribution in [0.2, 0.25) is 0 Å². The molecule has 0 spiro atoms. The lowest BCUT2D eigenvalue weighted by atomic mass is 10.0. The number of hydrogen-bond donors (Lipinski definition) is 1. The Morgan fingerprint density at radius 3 is 2.73 bits per heavy atom. The fourth-order valence-electron chi connectivity index (χ4n) is 1.63. The zero-order valence-corrected chi connectivity index (χ0v) is 9.16. The van der Waals surface area contributed by atoms with Crippen molar-refractivity contribution in [3.63, 3.8) is 0 Å². The number of nitrogens with zero attached hydrogens (tertiary/aromatic N) is 1. The molecular formula is C12H14N2O. The summed E-state index contributed by atoms with van der Waals surface area (Å²) < 4.78 is 0. The average molecular weight is 202 g/mol. The number of aryl methyl sites for hydroxylation is 1. The highest BCUT2D eigenvalue weighted by molar-refractivity contribution is 5.78. The summed E-state index contributed by atoms with van der Waals surface area (Å²) in [6.45, 7) is 6.01. The van der Waals surface area contributed by atoms with Crippen LogP contribution in [0.15, 0.2) is 23.0 Å². The van der Waals surface area contributed by atoms with Gasteiger partial charge in [0.05, 0.1) is 10.9 Å². The van der Waals surface area contributed by atoms with Gasteiger partial charge in [0, 0.05) is 0 Å². The highest BCUT2D eigenvalue weighted by Gasteiger charge is 2.04. The molecule has 0 aliphatic rings. The normalized spacial score (nSPS) is 11.2. The highest BCUT2D eigenvalue weighted by atomic mass is 16.1. The van der Waals surface area contributed by atoms with Crippen molar-refractivity contribution in [1.29, 1.82) is 0 Å². The van der Waals surface area contributed by atoms with Gasteiger partial charge in [-0.1, -0.05) is 19.9 Å². The van der Waals surface area contributed by atoms with Crippen LogP contribution in [0, 0.1) is 6.92 Å². The molecule has 0 radical (unpaired) electrons. The maximum Gasteiger partial charge on any atom is 0.258 e. The molecule has 0 unspecified atom stereocenters. The lowest BCUT2D eigenvalue weighted by molar-refractivity contribution is 0.868. The molecule has 0 amide bonds. The maximum atomic E-state index is 11.7. The molecule has 1 aromatic heterocycles. The predicted molar refractivity (Wildman–Crippen MR) is 61.2 cm³/mol. The zero-order chi connectivity index (χ0) is 11.0. The number of H-pyrrole nitrogens is 1. The first-order valence-corrected chi connectivity index (χ1v) is 5.08. The number of benzene rings is 1. The van der Waals surface area contributed by atoms with Gasteiger partial charge in [-0.15, -0.1) is 0 Å². The Balaban J connectivity index is 2.77. The van der Waals surface area contributed by atoms with Crippen molar-refractivity contribution in [3.05, 3.63) is 39.9 Å². The van der Waals surface area contributed by atoms with Gasteiger partial charge >= 0.3 is 0 Å². The second kappa shape index (κ2) is 3.50. The molecule has 15 heavy (non-hydrogen) atoms. The van der Waals surface area contributed by atoms with Crippen molar-refractivity contribution in [1.82, 2.24) is 9.97 Å². The number of nitrogens with one attached hydrogen (secondary N) is 1. The Morgan fingerprint density at radius 2 is 2.07 bits per heavy atom. The largest absolute Gasteiger partial charge is 0.310 e. The number of fused-ring (bicyclic) bond motifs is 1.